The van der Waals surface area contributed by atoms with Gasteiger partial charge in [0.05, 0.1) is 24.8 Å². The maximum absolute atomic E-state index is 5.92. The minimum Gasteiger partial charge on any atom is -0.467 e. The van der Waals surface area contributed by atoms with E-state index in [2.05, 4.69) is 28.6 Å². The zero-order chi connectivity index (χ0) is 23.3. The van der Waals surface area contributed by atoms with Gasteiger partial charge < -0.3 is 28.4 Å². The molecule has 1 aromatic carbocycles. The third-order valence-corrected chi connectivity index (χ3v) is 5.74. The molecule has 1 aromatic heterocycles. The fourth-order valence-corrected chi connectivity index (χ4v) is 4.01. The lowest BCUT2D eigenvalue weighted by Gasteiger charge is -2.36. The van der Waals surface area contributed by atoms with Gasteiger partial charge in [-0.1, -0.05) is 25.6 Å². The van der Waals surface area contributed by atoms with Crippen LogP contribution in [0.3, 0.4) is 0 Å². The van der Waals surface area contributed by atoms with Crippen LogP contribution < -0.4 is 9.47 Å². The van der Waals surface area contributed by atoms with Crippen LogP contribution in [0.1, 0.15) is 45.2 Å². The predicted octanol–water partition coefficient (Wildman–Crippen LogP) is 4.08. The summed E-state index contributed by atoms with van der Waals surface area (Å²) in [6, 6.07) is 3.83. The molecule has 1 fully saturated rings. The predicted molar refractivity (Wildman–Crippen MR) is 121 cm³/mol. The number of hydrogen-bond donors (Lipinski definition) is 0. The highest BCUT2D eigenvalue weighted by Gasteiger charge is 2.33. The van der Waals surface area contributed by atoms with E-state index in [0.717, 1.165) is 16.3 Å². The number of rotatable bonds is 10. The van der Waals surface area contributed by atoms with Crippen molar-refractivity contribution in [3.05, 3.63) is 17.7 Å². The summed E-state index contributed by atoms with van der Waals surface area (Å²) in [5.41, 5.74) is 1.81. The molecule has 1 saturated heterocycles. The highest BCUT2D eigenvalue weighted by atomic mass is 32.2. The molecule has 9 nitrogen and oxygen atoms in total. The van der Waals surface area contributed by atoms with E-state index in [9.17, 15) is 0 Å². The van der Waals surface area contributed by atoms with Gasteiger partial charge in [0, 0.05) is 20.3 Å². The lowest BCUT2D eigenvalue weighted by Crippen LogP contribution is -2.40. The zero-order valence-electron chi connectivity index (χ0n) is 19.8. The van der Waals surface area contributed by atoms with Crippen LogP contribution >= 0.6 is 11.8 Å². The molecule has 3 rings (SSSR count). The monoisotopic (exact) mass is 467 g/mol. The molecule has 1 aliphatic heterocycles. The molecule has 178 valence electrons. The molecule has 0 radical (unpaired) electrons. The number of benzene rings is 1. The number of hydrogen-bond acceptors (Lipinski definition) is 9. The molecule has 0 N–H and O–H groups in total. The lowest BCUT2D eigenvalue weighted by atomic mass is 9.98. The Labute approximate surface area is 193 Å². The van der Waals surface area contributed by atoms with E-state index in [0.29, 0.717) is 30.5 Å². The van der Waals surface area contributed by atoms with Crippen LogP contribution in [0.2, 0.25) is 0 Å². The van der Waals surface area contributed by atoms with Crippen LogP contribution in [0.4, 0.5) is 0 Å². The largest absolute Gasteiger partial charge is 0.467 e. The fourth-order valence-electron chi connectivity index (χ4n) is 3.45. The Balaban J connectivity index is 2.11. The molecule has 0 amide bonds. The van der Waals surface area contributed by atoms with Crippen LogP contribution in [0.5, 0.6) is 11.5 Å². The molecule has 0 saturated carbocycles. The molecule has 0 spiro atoms. The van der Waals surface area contributed by atoms with Crippen molar-refractivity contribution in [3.63, 3.8) is 0 Å². The summed E-state index contributed by atoms with van der Waals surface area (Å²) < 4.78 is 35.9. The third kappa shape index (κ3) is 5.55. The lowest BCUT2D eigenvalue weighted by molar-refractivity contribution is -0.259. The molecule has 32 heavy (non-hydrogen) atoms. The molecular weight excluding hydrogens is 434 g/mol. The summed E-state index contributed by atoms with van der Waals surface area (Å²) in [6.07, 6.45) is 1.97. The molecule has 0 aliphatic carbocycles. The van der Waals surface area contributed by atoms with Crippen molar-refractivity contribution in [1.82, 2.24) is 14.8 Å². The highest BCUT2D eigenvalue weighted by Crippen LogP contribution is 2.41. The number of ether oxygens (including phenoxy) is 6. The van der Waals surface area contributed by atoms with Crippen molar-refractivity contribution in [3.8, 4) is 22.9 Å². The van der Waals surface area contributed by atoms with Gasteiger partial charge in [-0.25, -0.2) is 0 Å². The Morgan fingerprint density at radius 3 is 2.25 bits per heavy atom. The molecule has 1 aliphatic rings. The summed E-state index contributed by atoms with van der Waals surface area (Å²) in [5, 5.41) is 9.72. The second kappa shape index (κ2) is 10.8. The van der Waals surface area contributed by atoms with Gasteiger partial charge in [0.15, 0.2) is 30.4 Å². The van der Waals surface area contributed by atoms with E-state index < -0.39 is 5.79 Å². The number of methoxy groups -OCH3 is 2. The standard InChI is InChI=1S/C22H33N3O6S/c1-14(2)16-8-17(19(29-13-27-6)9-18(16)28-12-26-5)20-23-24-21(32-7)25(20)15-10-30-22(3,4)31-11-15/h8-9,14-15H,10-13H2,1-7H3. The van der Waals surface area contributed by atoms with E-state index in [1.807, 2.05) is 32.2 Å². The first-order valence-electron chi connectivity index (χ1n) is 10.5. The van der Waals surface area contributed by atoms with E-state index >= 15 is 0 Å². The van der Waals surface area contributed by atoms with Crippen molar-refractivity contribution < 1.29 is 28.4 Å². The number of thioether (sulfide) groups is 1. The summed E-state index contributed by atoms with van der Waals surface area (Å²) in [6.45, 7) is 9.26. The number of nitrogens with zero attached hydrogens (tertiary/aromatic N) is 3. The van der Waals surface area contributed by atoms with Crippen LogP contribution in [0.25, 0.3) is 11.4 Å². The van der Waals surface area contributed by atoms with Gasteiger partial charge in [0.25, 0.3) is 0 Å². The van der Waals surface area contributed by atoms with E-state index in [1.54, 1.807) is 14.2 Å². The van der Waals surface area contributed by atoms with Crippen LogP contribution in [0, 0.1) is 0 Å². The molecular formula is C22H33N3O6S. The smallest absolute Gasteiger partial charge is 0.191 e. The molecule has 0 unspecified atom stereocenters. The summed E-state index contributed by atoms with van der Waals surface area (Å²) >= 11 is 1.52. The Hall–Kier alpha value is -1.85. The van der Waals surface area contributed by atoms with Gasteiger partial charge in [-0.3, -0.25) is 4.57 Å². The van der Waals surface area contributed by atoms with Crippen LogP contribution in [-0.2, 0) is 18.9 Å². The maximum atomic E-state index is 5.92. The first kappa shape index (κ1) is 24.8. The summed E-state index contributed by atoms with van der Waals surface area (Å²) in [7, 11) is 3.17. The first-order valence-corrected chi connectivity index (χ1v) is 11.7. The Morgan fingerprint density at radius 1 is 1.06 bits per heavy atom. The van der Waals surface area contributed by atoms with Gasteiger partial charge in [-0.15, -0.1) is 10.2 Å². The van der Waals surface area contributed by atoms with Gasteiger partial charge in [0.1, 0.15) is 11.5 Å². The maximum Gasteiger partial charge on any atom is 0.191 e. The highest BCUT2D eigenvalue weighted by molar-refractivity contribution is 7.98. The SMILES string of the molecule is COCOc1cc(OCOC)c(C(C)C)cc1-c1nnc(SC)n1C1COC(C)(C)OC1. The van der Waals surface area contributed by atoms with Gasteiger partial charge in [0.2, 0.25) is 0 Å². The topological polar surface area (TPSA) is 86.1 Å². The molecule has 0 atom stereocenters. The van der Waals surface area contributed by atoms with Crippen molar-refractivity contribution >= 4 is 11.8 Å². The quantitative estimate of drug-likeness (QED) is 0.379. The van der Waals surface area contributed by atoms with Gasteiger partial charge in [-0.05, 0) is 37.7 Å². The zero-order valence-corrected chi connectivity index (χ0v) is 20.7. The average molecular weight is 468 g/mol. The molecule has 2 heterocycles. The third-order valence-electron chi connectivity index (χ3n) is 5.10. The van der Waals surface area contributed by atoms with Crippen LogP contribution in [-0.4, -0.2) is 67.8 Å². The van der Waals surface area contributed by atoms with Crippen molar-refractivity contribution in [2.75, 3.05) is 47.3 Å². The second-order valence-electron chi connectivity index (χ2n) is 8.20. The Bertz CT molecular complexity index is 892. The summed E-state index contributed by atoms with van der Waals surface area (Å²) in [5.74, 6) is 1.55. The van der Waals surface area contributed by atoms with Crippen molar-refractivity contribution in [1.29, 1.82) is 0 Å². The van der Waals surface area contributed by atoms with E-state index in [1.165, 1.54) is 11.8 Å². The molecule has 0 bridgehead atoms. The second-order valence-corrected chi connectivity index (χ2v) is 8.97. The Morgan fingerprint density at radius 2 is 1.69 bits per heavy atom. The van der Waals surface area contributed by atoms with Crippen molar-refractivity contribution in [2.45, 2.75) is 50.6 Å². The minimum atomic E-state index is -0.609. The minimum absolute atomic E-state index is 0.0716. The first-order chi connectivity index (χ1) is 15.3. The molecule has 10 heteroatoms. The van der Waals surface area contributed by atoms with Gasteiger partial charge >= 0.3 is 0 Å². The molecule has 2 aromatic rings. The van der Waals surface area contributed by atoms with Crippen molar-refractivity contribution in [2.24, 2.45) is 0 Å². The van der Waals surface area contributed by atoms with E-state index in [4.69, 9.17) is 28.4 Å². The van der Waals surface area contributed by atoms with Crippen LogP contribution in [0.15, 0.2) is 17.3 Å². The average Bonchev–Trinajstić information content (AvgIpc) is 3.19. The van der Waals surface area contributed by atoms with Gasteiger partial charge in [-0.2, -0.15) is 0 Å². The van der Waals surface area contributed by atoms with E-state index in [-0.39, 0.29) is 25.5 Å². The normalized spacial score (nSPS) is 16.5. The summed E-state index contributed by atoms with van der Waals surface area (Å²) in [4.78, 5) is 0. The number of aromatic nitrogens is 3. The fraction of sp³-hybridized carbons (Fsp3) is 0.636. The Kier molecular flexibility index (Phi) is 8.40.